The van der Waals surface area contributed by atoms with Crippen LogP contribution in [-0.2, 0) is 6.61 Å². The Kier molecular flexibility index (Phi) is 3.04. The van der Waals surface area contributed by atoms with Crippen molar-refractivity contribution in [3.05, 3.63) is 54.4 Å². The van der Waals surface area contributed by atoms with E-state index in [4.69, 9.17) is 9.84 Å². The minimum atomic E-state index is 0.0180. The quantitative estimate of drug-likeness (QED) is 0.775. The first-order valence-electron chi connectivity index (χ1n) is 5.80. The normalized spacial score (nSPS) is 10.6. The molecule has 0 unspecified atom stereocenters. The number of ether oxygens (including phenoxy) is 1. The van der Waals surface area contributed by atoms with Crippen LogP contribution in [-0.4, -0.2) is 20.1 Å². The number of nitrogens with zero attached hydrogens (tertiary/aromatic N) is 3. The van der Waals surface area contributed by atoms with Gasteiger partial charge in [0.05, 0.1) is 6.61 Å². The van der Waals surface area contributed by atoms with E-state index < -0.39 is 0 Å². The maximum Gasteiger partial charge on any atom is 0.221 e. The van der Waals surface area contributed by atoms with Crippen LogP contribution in [0.5, 0.6) is 11.6 Å². The molecule has 19 heavy (non-hydrogen) atoms. The molecule has 0 aliphatic carbocycles. The predicted molar refractivity (Wildman–Crippen MR) is 69.8 cm³/mol. The number of benzene rings is 1. The van der Waals surface area contributed by atoms with Gasteiger partial charge in [0.2, 0.25) is 5.88 Å². The topological polar surface area (TPSA) is 68.1 Å². The fourth-order valence-electron chi connectivity index (χ4n) is 1.68. The van der Waals surface area contributed by atoms with E-state index in [-0.39, 0.29) is 6.61 Å². The molecule has 5 heteroatoms. The third kappa shape index (κ3) is 2.51. The van der Waals surface area contributed by atoms with Gasteiger partial charge in [0.25, 0.3) is 0 Å². The van der Waals surface area contributed by atoms with Gasteiger partial charge < -0.3 is 9.84 Å². The van der Waals surface area contributed by atoms with Crippen molar-refractivity contribution in [3.63, 3.8) is 0 Å². The van der Waals surface area contributed by atoms with Gasteiger partial charge in [-0.2, -0.15) is 4.98 Å². The molecule has 3 rings (SSSR count). The van der Waals surface area contributed by atoms with Crippen LogP contribution >= 0.6 is 0 Å². The van der Waals surface area contributed by atoms with Crippen LogP contribution in [0, 0.1) is 0 Å². The van der Waals surface area contributed by atoms with E-state index in [1.165, 1.54) is 0 Å². The number of fused-ring (bicyclic) bond motifs is 1. The van der Waals surface area contributed by atoms with Crippen LogP contribution in [0.1, 0.15) is 5.56 Å². The molecule has 0 radical (unpaired) electrons. The molecule has 1 aromatic carbocycles. The van der Waals surface area contributed by atoms with Gasteiger partial charge in [0.1, 0.15) is 11.3 Å². The van der Waals surface area contributed by atoms with Gasteiger partial charge in [-0.15, -0.1) is 0 Å². The van der Waals surface area contributed by atoms with Crippen LogP contribution < -0.4 is 4.74 Å². The Hall–Kier alpha value is -2.53. The molecule has 2 heterocycles. The maximum atomic E-state index is 8.97. The van der Waals surface area contributed by atoms with Crippen LogP contribution in [0.4, 0.5) is 0 Å². The predicted octanol–water partition coefficient (Wildman–Crippen LogP) is 2.31. The van der Waals surface area contributed by atoms with Gasteiger partial charge in [-0.1, -0.05) is 12.1 Å². The summed E-state index contributed by atoms with van der Waals surface area (Å²) in [5.41, 5.74) is 2.11. The van der Waals surface area contributed by atoms with E-state index in [1.54, 1.807) is 42.7 Å². The van der Waals surface area contributed by atoms with E-state index >= 15 is 0 Å². The van der Waals surface area contributed by atoms with Crippen molar-refractivity contribution >= 4 is 11.2 Å². The van der Waals surface area contributed by atoms with Gasteiger partial charge in [-0.25, -0.2) is 4.98 Å². The largest absolute Gasteiger partial charge is 0.439 e. The van der Waals surface area contributed by atoms with Crippen LogP contribution in [0.2, 0.25) is 0 Å². The van der Waals surface area contributed by atoms with Crippen LogP contribution in [0.25, 0.3) is 11.2 Å². The van der Waals surface area contributed by atoms with Crippen molar-refractivity contribution in [1.82, 2.24) is 15.0 Å². The van der Waals surface area contributed by atoms with Gasteiger partial charge >= 0.3 is 0 Å². The average Bonchev–Trinajstić information content (AvgIpc) is 2.48. The molecule has 0 fully saturated rings. The third-order valence-corrected chi connectivity index (χ3v) is 2.63. The lowest BCUT2D eigenvalue weighted by Crippen LogP contribution is -1.91. The molecule has 0 saturated carbocycles. The van der Waals surface area contributed by atoms with Gasteiger partial charge in [0.15, 0.2) is 5.65 Å². The summed E-state index contributed by atoms with van der Waals surface area (Å²) in [6.45, 7) is 0.0180. The summed E-state index contributed by atoms with van der Waals surface area (Å²) in [6.07, 6.45) is 3.22. The first kappa shape index (κ1) is 11.6. The Morgan fingerprint density at radius 2 is 1.74 bits per heavy atom. The van der Waals surface area contributed by atoms with Crippen molar-refractivity contribution in [2.75, 3.05) is 0 Å². The highest BCUT2D eigenvalue weighted by Crippen LogP contribution is 2.21. The van der Waals surface area contributed by atoms with Crippen molar-refractivity contribution in [1.29, 1.82) is 0 Å². The van der Waals surface area contributed by atoms with Crippen molar-refractivity contribution < 1.29 is 9.84 Å². The number of aliphatic hydroxyl groups is 1. The number of pyridine rings is 1. The first-order chi connectivity index (χ1) is 9.35. The molecule has 0 aliphatic heterocycles. The zero-order chi connectivity index (χ0) is 13.1. The lowest BCUT2D eigenvalue weighted by Gasteiger charge is -2.05. The Morgan fingerprint density at radius 1 is 0.947 bits per heavy atom. The fourth-order valence-corrected chi connectivity index (χ4v) is 1.68. The minimum absolute atomic E-state index is 0.0180. The lowest BCUT2D eigenvalue weighted by molar-refractivity contribution is 0.281. The van der Waals surface area contributed by atoms with Gasteiger partial charge in [-0.05, 0) is 23.8 Å². The smallest absolute Gasteiger partial charge is 0.221 e. The Labute approximate surface area is 109 Å². The zero-order valence-corrected chi connectivity index (χ0v) is 10.0. The van der Waals surface area contributed by atoms with Crippen LogP contribution in [0.3, 0.4) is 0 Å². The van der Waals surface area contributed by atoms with E-state index in [0.717, 1.165) is 11.1 Å². The number of hydrogen-bond donors (Lipinski definition) is 1. The highest BCUT2D eigenvalue weighted by molar-refractivity contribution is 5.69. The Morgan fingerprint density at radius 3 is 2.53 bits per heavy atom. The standard InChI is InChI=1S/C14H11N3O2/c18-9-10-1-3-11(4-2-10)19-13-6-5-12-14(17-13)16-8-7-15-12/h1-8,18H,9H2. The molecule has 5 nitrogen and oxygen atoms in total. The van der Waals surface area contributed by atoms with Gasteiger partial charge in [-0.3, -0.25) is 4.98 Å². The second-order valence-electron chi connectivity index (χ2n) is 3.95. The highest BCUT2D eigenvalue weighted by atomic mass is 16.5. The molecule has 0 aliphatic rings. The number of hydrogen-bond acceptors (Lipinski definition) is 5. The molecule has 3 aromatic rings. The van der Waals surface area contributed by atoms with Crippen LogP contribution in [0.15, 0.2) is 48.8 Å². The maximum absolute atomic E-state index is 8.97. The fraction of sp³-hybridized carbons (Fsp3) is 0.0714. The first-order valence-corrected chi connectivity index (χ1v) is 5.80. The molecular formula is C14H11N3O2. The molecular weight excluding hydrogens is 242 g/mol. The summed E-state index contributed by atoms with van der Waals surface area (Å²) >= 11 is 0. The highest BCUT2D eigenvalue weighted by Gasteiger charge is 2.02. The second-order valence-corrected chi connectivity index (χ2v) is 3.95. The Balaban J connectivity index is 1.87. The molecule has 2 aromatic heterocycles. The Bertz CT molecular complexity index is 698. The molecule has 0 bridgehead atoms. The molecule has 0 atom stereocenters. The molecule has 0 saturated heterocycles. The monoisotopic (exact) mass is 253 g/mol. The molecule has 94 valence electrons. The summed E-state index contributed by atoms with van der Waals surface area (Å²) in [7, 11) is 0. The van der Waals surface area contributed by atoms with E-state index in [0.29, 0.717) is 17.3 Å². The van der Waals surface area contributed by atoms with Crippen molar-refractivity contribution in [2.45, 2.75) is 6.61 Å². The molecule has 1 N–H and O–H groups in total. The second kappa shape index (κ2) is 4.99. The summed E-state index contributed by atoms with van der Waals surface area (Å²) in [4.78, 5) is 12.5. The number of aliphatic hydroxyl groups excluding tert-OH is 1. The molecule has 0 spiro atoms. The third-order valence-electron chi connectivity index (χ3n) is 2.63. The summed E-state index contributed by atoms with van der Waals surface area (Å²) in [5.74, 6) is 1.12. The lowest BCUT2D eigenvalue weighted by atomic mass is 10.2. The van der Waals surface area contributed by atoms with E-state index in [1.807, 2.05) is 6.07 Å². The molecule has 0 amide bonds. The van der Waals surface area contributed by atoms with E-state index in [2.05, 4.69) is 15.0 Å². The van der Waals surface area contributed by atoms with Crippen molar-refractivity contribution in [2.24, 2.45) is 0 Å². The van der Waals surface area contributed by atoms with Crippen molar-refractivity contribution in [3.8, 4) is 11.6 Å². The summed E-state index contributed by atoms with van der Waals surface area (Å²) in [6, 6.07) is 10.7. The average molecular weight is 253 g/mol. The number of rotatable bonds is 3. The zero-order valence-electron chi connectivity index (χ0n) is 10.0. The summed E-state index contributed by atoms with van der Waals surface area (Å²) < 4.78 is 5.63. The van der Waals surface area contributed by atoms with Gasteiger partial charge in [0, 0.05) is 18.5 Å². The number of aromatic nitrogens is 3. The minimum Gasteiger partial charge on any atom is -0.439 e. The summed E-state index contributed by atoms with van der Waals surface area (Å²) in [5, 5.41) is 8.97. The SMILES string of the molecule is OCc1ccc(Oc2ccc3nccnc3n2)cc1. The van der Waals surface area contributed by atoms with E-state index in [9.17, 15) is 0 Å².